The van der Waals surface area contributed by atoms with Crippen molar-refractivity contribution in [2.75, 3.05) is 91.6 Å². The van der Waals surface area contributed by atoms with Gasteiger partial charge in [-0.2, -0.15) is 5.10 Å². The second-order valence-electron chi connectivity index (χ2n) is 46.8. The van der Waals surface area contributed by atoms with E-state index in [0.717, 1.165) is 164 Å². The van der Waals surface area contributed by atoms with Crippen LogP contribution in [0.1, 0.15) is 375 Å². The number of H-pyrrole nitrogens is 1. The highest BCUT2D eigenvalue weighted by molar-refractivity contribution is 6.07. The molecule has 35 nitrogen and oxygen atoms in total. The van der Waals surface area contributed by atoms with E-state index in [4.69, 9.17) is 8.83 Å². The summed E-state index contributed by atoms with van der Waals surface area (Å²) in [5, 5.41) is 36.7. The van der Waals surface area contributed by atoms with Crippen LogP contribution in [0.5, 0.6) is 0 Å². The molecule has 6 aromatic rings. The average molecular weight is 2000 g/mol. The maximum absolute atomic E-state index is 12.4. The molecule has 0 spiro atoms. The van der Waals surface area contributed by atoms with Gasteiger partial charge < -0.3 is 46.1 Å². The molecule has 7 amide bonds. The second-order valence-corrected chi connectivity index (χ2v) is 46.8. The van der Waals surface area contributed by atoms with E-state index in [-0.39, 0.29) is 108 Å². The molecule has 7 aliphatic heterocycles. The highest BCUT2D eigenvalue weighted by Crippen LogP contribution is 2.45. The molecular formula is C110H167N25O10. The van der Waals surface area contributed by atoms with Gasteiger partial charge in [0.05, 0.1) is 11.9 Å². The normalized spacial score (nSPS) is 27.2. The van der Waals surface area contributed by atoms with E-state index in [1.165, 1.54) is 57.6 Å². The summed E-state index contributed by atoms with van der Waals surface area (Å²) in [5.74, 6) is 8.16. The standard InChI is InChI=1S/C18H26N2O2.3C16H24N4O.C15H24N4O.C15H23N3O2.C14H22N4O2/c1-11(2)20-9-12(3)16(10-20)19-18(22)14-6-7-15(13-4-5-13)17(21)8-14;1-10(2)20-8-11(3)15(9-20)19-16(21)14-7-17-13(6-18-14)12-4-5-12;1-10(2)20-8-11(3)14(9-20)19-16(21)15-17-6-13(7-18-15)12-4-5-12;1-10(2)20-8-11(3)14(9-20)19-16(21)15-17-7-6-13(18-15)12-4-5-12;1-9(2)19-7-10(3)14(8-19)16-15(20)13-6-12(17-18-13)11-4-5-11;1-9(2)18-6-10(3)12(7-18)16-14(19)13-8-20-15(17-13)11-4-5-11;1-8(2)18-6-9(3)11(7-18)15-12(19)14-17-16-13(20-14)10-4-5-10/h6-7,11-13,16H,4-5,8-10H2,1-3H3,(H,19,22);6-7,10-12,15H,4-5,8-9H2,1-3H3,(H,19,21);2*6-7,10-12,14H,4-5,8-9H2,1-3H3,(H,19,21);6,9-11,14H,4-5,7-8H2,1-3H3,(H,16,20)(H,17,18);8-12H,4-7H2,1-3H3,(H,16,19);8-11H,4-7H2,1-3H3,(H,15,19)/t12-,16-;11-,15-;2*11-,14+;10-,14+;10-,12-;9-,11+/m1100010/s1. The van der Waals surface area contributed by atoms with Crippen LogP contribution in [0.2, 0.25) is 0 Å². The highest BCUT2D eigenvalue weighted by Gasteiger charge is 2.43. The van der Waals surface area contributed by atoms with E-state index >= 15 is 0 Å². The molecule has 8 N–H and O–H groups in total. The third-order valence-corrected chi connectivity index (χ3v) is 32.0. The topological polar surface area (TPSA) is 414 Å². The van der Waals surface area contributed by atoms with Gasteiger partial charge in [0.25, 0.3) is 29.5 Å². The molecule has 7 saturated heterocycles. The number of nitrogens with one attached hydrogen (secondary N) is 8. The maximum atomic E-state index is 12.4. The van der Waals surface area contributed by atoms with Gasteiger partial charge in [-0.3, -0.25) is 82.7 Å². The van der Waals surface area contributed by atoms with Crippen molar-refractivity contribution in [2.45, 2.75) is 362 Å². The first-order valence-corrected chi connectivity index (χ1v) is 54.8. The van der Waals surface area contributed by atoms with Crippen molar-refractivity contribution in [3.63, 3.8) is 0 Å². The number of aromatic amines is 1. The minimum Gasteiger partial charge on any atom is -0.448 e. The number of aromatic nitrogens is 11. The first-order chi connectivity index (χ1) is 69.2. The van der Waals surface area contributed by atoms with Gasteiger partial charge in [0.1, 0.15) is 17.7 Å². The molecule has 7 saturated carbocycles. The Labute approximate surface area is 859 Å². The molecule has 0 bridgehead atoms. The van der Waals surface area contributed by atoms with Gasteiger partial charge >= 0.3 is 11.8 Å². The molecular weight excluding hydrogens is 1830 g/mol. The molecule has 35 heteroatoms. The molecule has 21 rings (SSSR count). The van der Waals surface area contributed by atoms with Crippen molar-refractivity contribution in [1.82, 2.24) is 127 Å². The fourth-order valence-electron chi connectivity index (χ4n) is 20.5. The summed E-state index contributed by atoms with van der Waals surface area (Å²) < 4.78 is 10.8. The Morgan fingerprint density at radius 1 is 0.345 bits per heavy atom. The summed E-state index contributed by atoms with van der Waals surface area (Å²) in [7, 11) is 0. The summed E-state index contributed by atoms with van der Waals surface area (Å²) in [6, 6.07) is 8.79. The van der Waals surface area contributed by atoms with Crippen LogP contribution >= 0.6 is 0 Å². The average Bonchev–Trinajstić information content (AvgIpc) is 1.52. The number of allylic oxidation sites excluding steroid dienone is 3. The predicted octanol–water partition coefficient (Wildman–Crippen LogP) is 12.7. The van der Waals surface area contributed by atoms with Crippen LogP contribution in [0.4, 0.5) is 0 Å². The summed E-state index contributed by atoms with van der Waals surface area (Å²) in [4.78, 5) is 145. The van der Waals surface area contributed by atoms with E-state index in [1.807, 2.05) is 24.3 Å². The summed E-state index contributed by atoms with van der Waals surface area (Å²) in [6.07, 6.45) is 30.5. The Morgan fingerprint density at radius 3 is 1.10 bits per heavy atom. The van der Waals surface area contributed by atoms with Crippen LogP contribution in [0.25, 0.3) is 0 Å². The van der Waals surface area contributed by atoms with Crippen molar-refractivity contribution in [2.24, 2.45) is 47.3 Å². The molecule has 792 valence electrons. The summed E-state index contributed by atoms with van der Waals surface area (Å²) >= 11 is 0. The SMILES string of the molecule is CC(C)N1C[C@@H](C)[C@H](NC(=O)C2=CC=C(C3CC3)C(=O)C2)C1.CC(C)N1C[C@@H](C)[C@H](NC(=O)c2cnc(C3CC3)cn2)C1.CC(C)N1C[C@@H](C)[C@H](NC(=O)c2coc(C3CC3)n2)C1.CC(C)N1C[C@H](C)[C@H](NC(=O)c2cc(C3CC3)[nH]n2)C1.CC(C)N1C[C@H](C)[C@H](NC(=O)c2ncc(C3CC3)cn2)C1.CC(C)N1C[C@H](C)[C@H](NC(=O)c2nccc(C3CC3)n2)C1.CC(C)N1C[C@H](C)[C@H](NC(=O)c2nnc(C3CC3)o2)C1. The molecule has 0 unspecified atom stereocenters. The van der Waals surface area contributed by atoms with Gasteiger partial charge in [0.2, 0.25) is 23.4 Å². The lowest BCUT2D eigenvalue weighted by Crippen LogP contribution is -2.41. The zero-order valence-electron chi connectivity index (χ0n) is 90.1. The molecule has 14 atom stereocenters. The third-order valence-electron chi connectivity index (χ3n) is 32.0. The molecule has 0 aromatic carbocycles. The zero-order chi connectivity index (χ0) is 104. The lowest BCUT2D eigenvalue weighted by atomic mass is 9.93. The number of hydrogen-bond donors (Lipinski definition) is 8. The van der Waals surface area contributed by atoms with E-state index in [9.17, 15) is 38.4 Å². The van der Waals surface area contributed by atoms with Gasteiger partial charge in [0, 0.05) is 254 Å². The van der Waals surface area contributed by atoms with Crippen LogP contribution in [-0.4, -0.2) is 313 Å². The number of oxazole rings is 1. The number of likely N-dealkylation sites (tertiary alicyclic amines) is 7. The van der Waals surface area contributed by atoms with Crippen molar-refractivity contribution < 1.29 is 47.2 Å². The number of rotatable bonds is 28. The first-order valence-electron chi connectivity index (χ1n) is 54.8. The lowest BCUT2D eigenvalue weighted by Gasteiger charge is -2.21. The molecule has 14 fully saturated rings. The van der Waals surface area contributed by atoms with E-state index in [1.54, 1.807) is 31.0 Å². The number of nitrogens with zero attached hydrogens (tertiary/aromatic N) is 17. The summed E-state index contributed by atoms with van der Waals surface area (Å²) in [5.41, 5.74) is 7.22. The Balaban J connectivity index is 0.000000127. The Bertz CT molecular complexity index is 5100. The first kappa shape index (κ1) is 109. The van der Waals surface area contributed by atoms with Gasteiger partial charge in [-0.1, -0.05) is 60.6 Å². The number of hydrogen-bond acceptors (Lipinski definition) is 27. The smallest absolute Gasteiger partial charge is 0.309 e. The predicted molar refractivity (Wildman–Crippen MR) is 556 cm³/mol. The van der Waals surface area contributed by atoms with Crippen LogP contribution in [0, 0.1) is 47.3 Å². The van der Waals surface area contributed by atoms with Crippen LogP contribution in [-0.2, 0) is 9.59 Å². The Kier molecular flexibility index (Phi) is 36.8. The van der Waals surface area contributed by atoms with E-state index < -0.39 is 0 Å². The number of amides is 7. The van der Waals surface area contributed by atoms with Crippen molar-refractivity contribution in [3.8, 4) is 0 Å². The summed E-state index contributed by atoms with van der Waals surface area (Å²) in [6.45, 7) is 59.5. The van der Waals surface area contributed by atoms with Crippen molar-refractivity contribution in [3.05, 3.63) is 142 Å². The number of Topliss-reactive ketones (excluding diaryl/α,β-unsaturated/α-hetero) is 1. The van der Waals surface area contributed by atoms with Gasteiger partial charge in [-0.05, 0) is 263 Å². The number of ketones is 1. The Hall–Kier alpha value is -10.0. The quantitative estimate of drug-likeness (QED) is 0.0226. The highest BCUT2D eigenvalue weighted by atomic mass is 16.4. The molecule has 13 heterocycles. The molecule has 15 aliphatic rings. The van der Waals surface area contributed by atoms with Crippen molar-refractivity contribution >= 4 is 47.1 Å². The van der Waals surface area contributed by atoms with Crippen molar-refractivity contribution in [1.29, 1.82) is 0 Å². The fraction of sp³-hybridized carbons (Fsp3) is 0.709. The Morgan fingerprint density at radius 2 is 0.717 bits per heavy atom. The fourth-order valence-corrected chi connectivity index (χ4v) is 20.5. The van der Waals surface area contributed by atoms with E-state index in [0.29, 0.717) is 160 Å². The lowest BCUT2D eigenvalue weighted by molar-refractivity contribution is -0.121. The molecule has 145 heavy (non-hydrogen) atoms. The number of carbonyl (C=O) groups is 8. The third kappa shape index (κ3) is 30.4. The van der Waals surface area contributed by atoms with Crippen LogP contribution < -0.4 is 37.2 Å². The van der Waals surface area contributed by atoms with Gasteiger partial charge in [-0.15, -0.1) is 10.2 Å². The second kappa shape index (κ2) is 48.9. The number of carbonyl (C=O) groups excluding carboxylic acids is 8. The maximum Gasteiger partial charge on any atom is 0.309 e. The van der Waals surface area contributed by atoms with E-state index in [2.05, 4.69) is 272 Å². The monoisotopic (exact) mass is 2000 g/mol. The largest absolute Gasteiger partial charge is 0.448 e. The molecule has 6 aromatic heterocycles. The molecule has 8 aliphatic carbocycles. The van der Waals surface area contributed by atoms with Crippen LogP contribution in [0.15, 0.2) is 81.5 Å². The minimum absolute atomic E-state index is 0.0457. The van der Waals surface area contributed by atoms with Crippen LogP contribution in [0.3, 0.4) is 0 Å². The van der Waals surface area contributed by atoms with Gasteiger partial charge in [0.15, 0.2) is 17.4 Å². The molecule has 0 radical (unpaired) electrons. The minimum atomic E-state index is -0.244. The zero-order valence-corrected chi connectivity index (χ0v) is 90.1. The van der Waals surface area contributed by atoms with Gasteiger partial charge in [-0.25, -0.2) is 29.9 Å².